The summed E-state index contributed by atoms with van der Waals surface area (Å²) in [4.78, 5) is 0. The minimum Gasteiger partial charge on any atom is -0.490 e. The predicted octanol–water partition coefficient (Wildman–Crippen LogP) is 6.67. The third-order valence-electron chi connectivity index (χ3n) is 3.93. The van der Waals surface area contributed by atoms with Gasteiger partial charge < -0.3 is 19.5 Å². The van der Waals surface area contributed by atoms with Crippen LogP contribution >= 0.6 is 51.5 Å². The van der Waals surface area contributed by atoms with Gasteiger partial charge in [-0.25, -0.2) is 0 Å². The minimum atomic E-state index is 0. The number of ether oxygens (including phenoxy) is 3. The summed E-state index contributed by atoms with van der Waals surface area (Å²) >= 11 is 15.8. The zero-order chi connectivity index (χ0) is 20.4. The summed E-state index contributed by atoms with van der Waals surface area (Å²) in [5, 5.41) is 4.60. The van der Waals surface area contributed by atoms with Crippen LogP contribution in [0, 0.1) is 0 Å². The lowest BCUT2D eigenvalue weighted by atomic mass is 10.2. The van der Waals surface area contributed by atoms with Crippen LogP contribution in [0.1, 0.15) is 31.4 Å². The van der Waals surface area contributed by atoms with Crippen molar-refractivity contribution in [3.8, 4) is 11.5 Å². The van der Waals surface area contributed by atoms with Crippen LogP contribution in [0.25, 0.3) is 0 Å². The maximum atomic E-state index is 6.24. The molecule has 162 valence electrons. The fraction of sp³-hybridized carbons (Fsp3) is 0.429. The van der Waals surface area contributed by atoms with Crippen molar-refractivity contribution in [2.24, 2.45) is 0 Å². The molecule has 0 saturated carbocycles. The first-order valence-electron chi connectivity index (χ1n) is 9.35. The van der Waals surface area contributed by atoms with E-state index >= 15 is 0 Å². The number of rotatable bonds is 12. The van der Waals surface area contributed by atoms with E-state index in [4.69, 9.17) is 37.4 Å². The van der Waals surface area contributed by atoms with Crippen molar-refractivity contribution in [1.29, 1.82) is 0 Å². The van der Waals surface area contributed by atoms with Gasteiger partial charge in [-0.3, -0.25) is 0 Å². The molecule has 0 bridgehead atoms. The van der Waals surface area contributed by atoms with Gasteiger partial charge in [0.25, 0.3) is 0 Å². The molecule has 0 amide bonds. The minimum absolute atomic E-state index is 0. The van der Waals surface area contributed by atoms with Crippen LogP contribution in [-0.2, 0) is 17.9 Å². The first-order chi connectivity index (χ1) is 13.5. The third kappa shape index (κ3) is 8.91. The number of halogens is 4. The Bertz CT molecular complexity index is 762. The average molecular weight is 528 g/mol. The maximum Gasteiger partial charge on any atom is 0.175 e. The quantitative estimate of drug-likeness (QED) is 0.313. The molecular weight excluding hydrogens is 500 g/mol. The van der Waals surface area contributed by atoms with Gasteiger partial charge in [-0.05, 0) is 72.6 Å². The number of hydrogen-bond donors (Lipinski definition) is 1. The van der Waals surface area contributed by atoms with Crippen LogP contribution < -0.4 is 14.8 Å². The second kappa shape index (κ2) is 14.3. The highest BCUT2D eigenvalue weighted by Crippen LogP contribution is 2.38. The smallest absolute Gasteiger partial charge is 0.175 e. The van der Waals surface area contributed by atoms with Crippen LogP contribution in [-0.4, -0.2) is 26.4 Å². The Hall–Kier alpha value is -0.690. The van der Waals surface area contributed by atoms with E-state index in [2.05, 4.69) is 21.2 Å². The second-order valence-corrected chi connectivity index (χ2v) is 7.79. The highest BCUT2D eigenvalue weighted by atomic mass is 79.9. The molecule has 2 rings (SSSR count). The molecule has 1 N–H and O–H groups in total. The van der Waals surface area contributed by atoms with Crippen LogP contribution in [0.3, 0.4) is 0 Å². The van der Waals surface area contributed by atoms with E-state index < -0.39 is 0 Å². The van der Waals surface area contributed by atoms with Gasteiger partial charge in [0.15, 0.2) is 11.5 Å². The van der Waals surface area contributed by atoms with Crippen molar-refractivity contribution in [2.45, 2.75) is 33.4 Å². The molecule has 0 aromatic heterocycles. The summed E-state index contributed by atoms with van der Waals surface area (Å²) in [7, 11) is 0. The van der Waals surface area contributed by atoms with Crippen molar-refractivity contribution in [3.63, 3.8) is 0 Å². The predicted molar refractivity (Wildman–Crippen MR) is 126 cm³/mol. The highest BCUT2D eigenvalue weighted by Gasteiger charge is 2.13. The van der Waals surface area contributed by atoms with Crippen molar-refractivity contribution >= 4 is 51.5 Å². The summed E-state index contributed by atoms with van der Waals surface area (Å²) in [5.41, 5.74) is 1.98. The molecule has 0 aliphatic heterocycles. The molecule has 29 heavy (non-hydrogen) atoms. The van der Waals surface area contributed by atoms with E-state index in [-0.39, 0.29) is 12.4 Å². The zero-order valence-electron chi connectivity index (χ0n) is 16.6. The SMILES string of the molecule is CCOCCCNCc1cc(Br)c(OCc2ccc(Cl)cc2Cl)c(OCC)c1.Cl. The van der Waals surface area contributed by atoms with E-state index in [0.717, 1.165) is 48.3 Å². The van der Waals surface area contributed by atoms with E-state index in [9.17, 15) is 0 Å². The average Bonchev–Trinajstić information content (AvgIpc) is 2.65. The molecule has 2 aromatic rings. The van der Waals surface area contributed by atoms with Gasteiger partial charge in [0.05, 0.1) is 11.1 Å². The molecular formula is C21H27BrCl3NO3. The van der Waals surface area contributed by atoms with Crippen molar-refractivity contribution < 1.29 is 14.2 Å². The topological polar surface area (TPSA) is 39.7 Å². The molecule has 2 aromatic carbocycles. The lowest BCUT2D eigenvalue weighted by Gasteiger charge is -2.16. The monoisotopic (exact) mass is 525 g/mol. The second-order valence-electron chi connectivity index (χ2n) is 6.09. The van der Waals surface area contributed by atoms with Crippen LogP contribution in [0.2, 0.25) is 10.0 Å². The van der Waals surface area contributed by atoms with Crippen LogP contribution in [0.5, 0.6) is 11.5 Å². The van der Waals surface area contributed by atoms with Gasteiger partial charge in [-0.2, -0.15) is 0 Å². The summed E-state index contributed by atoms with van der Waals surface area (Å²) in [6.45, 7) is 8.00. The Labute approximate surface area is 197 Å². The fourth-order valence-electron chi connectivity index (χ4n) is 2.59. The fourth-order valence-corrected chi connectivity index (χ4v) is 3.66. The Morgan fingerprint density at radius 2 is 1.83 bits per heavy atom. The molecule has 0 radical (unpaired) electrons. The first-order valence-corrected chi connectivity index (χ1v) is 10.9. The van der Waals surface area contributed by atoms with Gasteiger partial charge in [0, 0.05) is 35.4 Å². The molecule has 0 unspecified atom stereocenters. The first kappa shape index (κ1) is 26.3. The summed E-state index contributed by atoms with van der Waals surface area (Å²) < 4.78 is 18.0. The van der Waals surface area contributed by atoms with Crippen LogP contribution in [0.4, 0.5) is 0 Å². The summed E-state index contributed by atoms with van der Waals surface area (Å²) in [6.07, 6.45) is 0.983. The van der Waals surface area contributed by atoms with Crippen molar-refractivity contribution in [2.75, 3.05) is 26.4 Å². The lowest BCUT2D eigenvalue weighted by Crippen LogP contribution is -2.16. The molecule has 0 spiro atoms. The van der Waals surface area contributed by atoms with E-state index in [1.165, 1.54) is 0 Å². The number of benzene rings is 2. The summed E-state index contributed by atoms with van der Waals surface area (Å²) in [6, 6.07) is 9.41. The maximum absolute atomic E-state index is 6.24. The lowest BCUT2D eigenvalue weighted by molar-refractivity contribution is 0.144. The molecule has 0 heterocycles. The highest BCUT2D eigenvalue weighted by molar-refractivity contribution is 9.10. The van der Waals surface area contributed by atoms with Gasteiger partial charge in [-0.15, -0.1) is 12.4 Å². The number of hydrogen-bond acceptors (Lipinski definition) is 4. The molecule has 4 nitrogen and oxygen atoms in total. The standard InChI is InChI=1S/C21H26BrCl2NO3.ClH/c1-3-26-9-5-8-25-13-15-10-18(22)21(20(11-15)27-4-2)28-14-16-6-7-17(23)12-19(16)24;/h6-7,10-12,25H,3-5,8-9,13-14H2,1-2H3;1H. The molecule has 0 saturated heterocycles. The normalized spacial score (nSPS) is 10.5. The Balaban J connectivity index is 0.00000420. The summed E-state index contributed by atoms with van der Waals surface area (Å²) in [5.74, 6) is 1.36. The van der Waals surface area contributed by atoms with Crippen LogP contribution in [0.15, 0.2) is 34.8 Å². The number of nitrogens with one attached hydrogen (secondary N) is 1. The van der Waals surface area contributed by atoms with Gasteiger partial charge in [0.2, 0.25) is 0 Å². The Kier molecular flexibility index (Phi) is 13.0. The van der Waals surface area contributed by atoms with Gasteiger partial charge in [-0.1, -0.05) is 29.3 Å². The molecule has 8 heteroatoms. The van der Waals surface area contributed by atoms with Gasteiger partial charge in [0.1, 0.15) is 6.61 Å². The van der Waals surface area contributed by atoms with E-state index in [1.54, 1.807) is 12.1 Å². The van der Waals surface area contributed by atoms with E-state index in [0.29, 0.717) is 34.8 Å². The molecule has 0 fully saturated rings. The largest absolute Gasteiger partial charge is 0.490 e. The van der Waals surface area contributed by atoms with E-state index in [1.807, 2.05) is 32.0 Å². The Morgan fingerprint density at radius 3 is 2.52 bits per heavy atom. The Morgan fingerprint density at radius 1 is 1.03 bits per heavy atom. The van der Waals surface area contributed by atoms with Crippen molar-refractivity contribution in [1.82, 2.24) is 5.32 Å². The van der Waals surface area contributed by atoms with Gasteiger partial charge >= 0.3 is 0 Å². The third-order valence-corrected chi connectivity index (χ3v) is 5.11. The zero-order valence-corrected chi connectivity index (χ0v) is 20.5. The van der Waals surface area contributed by atoms with Crippen molar-refractivity contribution in [3.05, 3.63) is 56.0 Å². The molecule has 0 aliphatic rings. The molecule has 0 atom stereocenters. The molecule has 0 aliphatic carbocycles.